The van der Waals surface area contributed by atoms with Gasteiger partial charge in [-0.3, -0.25) is 0 Å². The van der Waals surface area contributed by atoms with E-state index in [4.69, 9.17) is 16.0 Å². The SMILES string of the molecule is CCC(CCl)Cc1ccc(Br)o1. The second-order valence-electron chi connectivity index (χ2n) is 2.84. The molecule has 0 saturated heterocycles. The smallest absolute Gasteiger partial charge is 0.169 e. The summed E-state index contributed by atoms with van der Waals surface area (Å²) in [6, 6.07) is 3.90. The summed E-state index contributed by atoms with van der Waals surface area (Å²) in [6.07, 6.45) is 2.04. The highest BCUT2D eigenvalue weighted by atomic mass is 79.9. The first-order valence-corrected chi connectivity index (χ1v) is 5.39. The summed E-state index contributed by atoms with van der Waals surface area (Å²) in [5.74, 6) is 2.24. The standard InChI is InChI=1S/C9H12BrClO/c1-2-7(6-11)5-8-3-4-9(10)12-8/h3-4,7H,2,5-6H2,1H3. The van der Waals surface area contributed by atoms with Gasteiger partial charge in [-0.15, -0.1) is 11.6 Å². The summed E-state index contributed by atoms with van der Waals surface area (Å²) < 4.78 is 6.17. The Morgan fingerprint density at radius 2 is 2.33 bits per heavy atom. The first kappa shape index (κ1) is 10.1. The maximum absolute atomic E-state index is 5.77. The van der Waals surface area contributed by atoms with Gasteiger partial charge >= 0.3 is 0 Å². The van der Waals surface area contributed by atoms with Crippen LogP contribution in [0, 0.1) is 5.92 Å². The van der Waals surface area contributed by atoms with Crippen LogP contribution in [0.1, 0.15) is 19.1 Å². The maximum atomic E-state index is 5.77. The highest BCUT2D eigenvalue weighted by Crippen LogP contribution is 2.19. The predicted molar refractivity (Wildman–Crippen MR) is 54.6 cm³/mol. The van der Waals surface area contributed by atoms with Gasteiger partial charge in [0.05, 0.1) is 0 Å². The second kappa shape index (κ2) is 4.93. The molecular formula is C9H12BrClO. The van der Waals surface area contributed by atoms with Crippen LogP contribution in [-0.4, -0.2) is 5.88 Å². The fourth-order valence-corrected chi connectivity index (χ4v) is 1.72. The third-order valence-electron chi connectivity index (χ3n) is 1.91. The van der Waals surface area contributed by atoms with Crippen LogP contribution >= 0.6 is 27.5 Å². The van der Waals surface area contributed by atoms with Crippen LogP contribution in [0.5, 0.6) is 0 Å². The maximum Gasteiger partial charge on any atom is 0.169 e. The average Bonchev–Trinajstić information content (AvgIpc) is 2.47. The summed E-state index contributed by atoms with van der Waals surface area (Å²) in [7, 11) is 0. The molecule has 0 aliphatic heterocycles. The Morgan fingerprint density at radius 1 is 1.58 bits per heavy atom. The monoisotopic (exact) mass is 250 g/mol. The minimum Gasteiger partial charge on any atom is -0.454 e. The van der Waals surface area contributed by atoms with Crippen molar-refractivity contribution >= 4 is 27.5 Å². The molecule has 0 spiro atoms. The van der Waals surface area contributed by atoms with E-state index in [1.54, 1.807) is 0 Å². The van der Waals surface area contributed by atoms with Crippen molar-refractivity contribution in [3.63, 3.8) is 0 Å². The van der Waals surface area contributed by atoms with Crippen molar-refractivity contribution in [3.05, 3.63) is 22.6 Å². The zero-order valence-corrected chi connectivity index (χ0v) is 9.36. The van der Waals surface area contributed by atoms with Crippen molar-refractivity contribution in [3.8, 4) is 0 Å². The molecule has 0 aliphatic carbocycles. The molecule has 0 radical (unpaired) electrons. The minimum absolute atomic E-state index is 0.532. The minimum atomic E-state index is 0.532. The average molecular weight is 252 g/mol. The fourth-order valence-electron chi connectivity index (χ4n) is 1.05. The molecule has 0 bridgehead atoms. The third kappa shape index (κ3) is 2.83. The Morgan fingerprint density at radius 3 is 2.75 bits per heavy atom. The number of hydrogen-bond donors (Lipinski definition) is 0. The summed E-state index contributed by atoms with van der Waals surface area (Å²) in [5.41, 5.74) is 0. The molecule has 0 aliphatic rings. The molecule has 12 heavy (non-hydrogen) atoms. The predicted octanol–water partition coefficient (Wildman–Crippen LogP) is 3.85. The summed E-state index contributed by atoms with van der Waals surface area (Å²) in [4.78, 5) is 0. The van der Waals surface area contributed by atoms with E-state index in [1.807, 2.05) is 12.1 Å². The lowest BCUT2D eigenvalue weighted by Crippen LogP contribution is -2.03. The molecule has 1 heterocycles. The Labute approximate surface area is 86.2 Å². The molecule has 0 amide bonds. The van der Waals surface area contributed by atoms with Crippen molar-refractivity contribution in [1.29, 1.82) is 0 Å². The first-order chi connectivity index (χ1) is 5.76. The molecule has 1 nitrogen and oxygen atoms in total. The third-order valence-corrected chi connectivity index (χ3v) is 2.78. The van der Waals surface area contributed by atoms with Gasteiger partial charge in [-0.05, 0) is 34.0 Å². The van der Waals surface area contributed by atoms with Gasteiger partial charge in [0.1, 0.15) is 5.76 Å². The van der Waals surface area contributed by atoms with Crippen molar-refractivity contribution < 1.29 is 4.42 Å². The quantitative estimate of drug-likeness (QED) is 0.741. The van der Waals surface area contributed by atoms with Crippen LogP contribution in [0.4, 0.5) is 0 Å². The van der Waals surface area contributed by atoms with Gasteiger partial charge in [0.15, 0.2) is 4.67 Å². The molecule has 68 valence electrons. The van der Waals surface area contributed by atoms with Crippen LogP contribution < -0.4 is 0 Å². The molecule has 0 fully saturated rings. The van der Waals surface area contributed by atoms with E-state index in [-0.39, 0.29) is 0 Å². The molecule has 0 saturated carbocycles. The summed E-state index contributed by atoms with van der Waals surface area (Å²) in [5, 5.41) is 0. The lowest BCUT2D eigenvalue weighted by atomic mass is 10.0. The van der Waals surface area contributed by atoms with Crippen molar-refractivity contribution in [2.75, 3.05) is 5.88 Å². The number of furan rings is 1. The topological polar surface area (TPSA) is 13.1 Å². The van der Waals surface area contributed by atoms with E-state index in [1.165, 1.54) is 0 Å². The van der Waals surface area contributed by atoms with E-state index in [9.17, 15) is 0 Å². The van der Waals surface area contributed by atoms with Gasteiger partial charge in [-0.2, -0.15) is 0 Å². The molecule has 1 unspecified atom stereocenters. The van der Waals surface area contributed by atoms with Crippen molar-refractivity contribution in [2.24, 2.45) is 5.92 Å². The van der Waals surface area contributed by atoms with Gasteiger partial charge in [0, 0.05) is 12.3 Å². The number of rotatable bonds is 4. The van der Waals surface area contributed by atoms with E-state index < -0.39 is 0 Å². The Bertz CT molecular complexity index is 230. The van der Waals surface area contributed by atoms with E-state index in [2.05, 4.69) is 22.9 Å². The number of hydrogen-bond acceptors (Lipinski definition) is 1. The van der Waals surface area contributed by atoms with E-state index in [0.29, 0.717) is 11.8 Å². The molecular weight excluding hydrogens is 239 g/mol. The molecule has 1 aromatic heterocycles. The van der Waals surface area contributed by atoms with Crippen LogP contribution in [0.2, 0.25) is 0 Å². The highest BCUT2D eigenvalue weighted by molar-refractivity contribution is 9.10. The van der Waals surface area contributed by atoms with Crippen LogP contribution in [0.25, 0.3) is 0 Å². The molecule has 0 N–H and O–H groups in total. The molecule has 1 atom stereocenters. The second-order valence-corrected chi connectivity index (χ2v) is 3.93. The van der Waals surface area contributed by atoms with Crippen LogP contribution in [-0.2, 0) is 6.42 Å². The highest BCUT2D eigenvalue weighted by Gasteiger charge is 2.08. The zero-order chi connectivity index (χ0) is 8.97. The number of halogens is 2. The van der Waals surface area contributed by atoms with E-state index in [0.717, 1.165) is 23.3 Å². The normalized spacial score (nSPS) is 13.2. The first-order valence-electron chi connectivity index (χ1n) is 4.06. The molecule has 3 heteroatoms. The number of alkyl halides is 1. The van der Waals surface area contributed by atoms with Gasteiger partial charge in [-0.25, -0.2) is 0 Å². The van der Waals surface area contributed by atoms with Gasteiger partial charge in [0.2, 0.25) is 0 Å². The Balaban J connectivity index is 2.50. The van der Waals surface area contributed by atoms with Crippen molar-refractivity contribution in [1.82, 2.24) is 0 Å². The summed E-state index contributed by atoms with van der Waals surface area (Å²) >= 11 is 9.04. The summed E-state index contributed by atoms with van der Waals surface area (Å²) in [6.45, 7) is 2.14. The van der Waals surface area contributed by atoms with Crippen LogP contribution in [0.15, 0.2) is 21.2 Å². The van der Waals surface area contributed by atoms with Crippen molar-refractivity contribution in [2.45, 2.75) is 19.8 Å². The largest absolute Gasteiger partial charge is 0.454 e. The molecule has 0 aromatic carbocycles. The van der Waals surface area contributed by atoms with Crippen LogP contribution in [0.3, 0.4) is 0 Å². The lowest BCUT2D eigenvalue weighted by molar-refractivity contribution is 0.440. The Kier molecular flexibility index (Phi) is 4.16. The van der Waals surface area contributed by atoms with Gasteiger partial charge in [-0.1, -0.05) is 13.3 Å². The molecule has 1 aromatic rings. The zero-order valence-electron chi connectivity index (χ0n) is 7.02. The van der Waals surface area contributed by atoms with Gasteiger partial charge in [0.25, 0.3) is 0 Å². The van der Waals surface area contributed by atoms with E-state index >= 15 is 0 Å². The molecule has 1 rings (SSSR count). The lowest BCUT2D eigenvalue weighted by Gasteiger charge is -2.07. The Hall–Kier alpha value is 0.0500. The fraction of sp³-hybridized carbons (Fsp3) is 0.556. The van der Waals surface area contributed by atoms with Gasteiger partial charge < -0.3 is 4.42 Å².